The van der Waals surface area contributed by atoms with E-state index in [0.29, 0.717) is 49.2 Å². The Bertz CT molecular complexity index is 1470. The number of ether oxygens (including phenoxy) is 2. The summed E-state index contributed by atoms with van der Waals surface area (Å²) < 4.78 is 41.8. The first-order valence-corrected chi connectivity index (χ1v) is 18.0. The minimum absolute atomic E-state index is 0.131. The molecule has 8 nitrogen and oxygen atoms in total. The number of carbonyl (C=O) groups is 1. The average Bonchev–Trinajstić information content (AvgIpc) is 3.49. The highest BCUT2D eigenvalue weighted by Crippen LogP contribution is 2.41. The van der Waals surface area contributed by atoms with Crippen LogP contribution in [0.5, 0.6) is 5.75 Å². The number of nitrogens with one attached hydrogen (secondary N) is 1. The van der Waals surface area contributed by atoms with Crippen molar-refractivity contribution in [3.05, 3.63) is 70.3 Å². The first-order chi connectivity index (χ1) is 21.3. The van der Waals surface area contributed by atoms with Crippen LogP contribution >= 0.6 is 11.6 Å². The molecule has 6 rings (SSSR count). The van der Waals surface area contributed by atoms with Crippen molar-refractivity contribution in [1.82, 2.24) is 4.72 Å². The summed E-state index contributed by atoms with van der Waals surface area (Å²) >= 11 is 6.32. The van der Waals surface area contributed by atoms with E-state index in [1.54, 1.807) is 18.2 Å². The van der Waals surface area contributed by atoms with Gasteiger partial charge in [0.25, 0.3) is 5.91 Å². The van der Waals surface area contributed by atoms with E-state index < -0.39 is 27.3 Å². The number of nitrogens with zero attached hydrogens (tertiary/aromatic N) is 1. The third-order valence-corrected chi connectivity index (χ3v) is 11.8. The molecule has 1 aliphatic carbocycles. The van der Waals surface area contributed by atoms with Gasteiger partial charge in [-0.15, -0.1) is 0 Å². The predicted molar refractivity (Wildman–Crippen MR) is 172 cm³/mol. The molecule has 5 atom stereocenters. The first-order valence-electron chi connectivity index (χ1n) is 16.1. The maximum Gasteiger partial charge on any atom is 0.264 e. The lowest BCUT2D eigenvalue weighted by Crippen LogP contribution is -2.43. The Morgan fingerprint density at radius 1 is 1.02 bits per heavy atom. The molecule has 1 saturated carbocycles. The SMILES string of the molecule is O=C1NS(=O)(=O)[C@@H](C[C@H]2CCCO2)CC/C=C/[C@H](O)[C@@H]2CC[C@H]2CN2CCCCc3cc(Cl)ccc3COc3ccc1cc32. The molecular weight excluding hydrogens is 600 g/mol. The third-order valence-electron chi connectivity index (χ3n) is 9.82. The molecule has 0 radical (unpaired) electrons. The van der Waals surface area contributed by atoms with Gasteiger partial charge in [-0.25, -0.2) is 13.1 Å². The third kappa shape index (κ3) is 7.27. The lowest BCUT2D eigenvalue weighted by Gasteiger charge is -2.42. The van der Waals surface area contributed by atoms with Gasteiger partial charge >= 0.3 is 0 Å². The average molecular weight is 643 g/mol. The summed E-state index contributed by atoms with van der Waals surface area (Å²) in [4.78, 5) is 15.8. The number of anilines is 1. The van der Waals surface area contributed by atoms with Crippen molar-refractivity contribution in [2.24, 2.45) is 11.8 Å². The fraction of sp³-hybridized carbons (Fsp3) is 0.559. The van der Waals surface area contributed by atoms with E-state index in [1.165, 1.54) is 5.56 Å². The number of aryl methyl sites for hydroxylation is 1. The zero-order chi connectivity index (χ0) is 30.7. The Labute approximate surface area is 265 Å². The summed E-state index contributed by atoms with van der Waals surface area (Å²) in [5, 5.41) is 11.0. The molecule has 2 bridgehead atoms. The van der Waals surface area contributed by atoms with E-state index in [4.69, 9.17) is 21.1 Å². The highest BCUT2D eigenvalue weighted by Gasteiger charge is 2.37. The van der Waals surface area contributed by atoms with Crippen molar-refractivity contribution in [2.45, 2.75) is 88.3 Å². The fourth-order valence-electron chi connectivity index (χ4n) is 7.09. The van der Waals surface area contributed by atoms with Crippen LogP contribution in [0.1, 0.15) is 79.3 Å². The van der Waals surface area contributed by atoms with Gasteiger partial charge in [-0.3, -0.25) is 4.79 Å². The van der Waals surface area contributed by atoms with Crippen LogP contribution in [-0.2, 0) is 27.8 Å². The lowest BCUT2D eigenvalue weighted by atomic mass is 9.70. The number of aliphatic hydroxyl groups is 1. The smallest absolute Gasteiger partial charge is 0.264 e. The summed E-state index contributed by atoms with van der Waals surface area (Å²) in [6.07, 6.45) is 10.7. The molecule has 10 heteroatoms. The van der Waals surface area contributed by atoms with Crippen LogP contribution in [0.2, 0.25) is 5.02 Å². The summed E-state index contributed by atoms with van der Waals surface area (Å²) in [5.74, 6) is 0.424. The van der Waals surface area contributed by atoms with Crippen molar-refractivity contribution in [1.29, 1.82) is 0 Å². The van der Waals surface area contributed by atoms with Crippen molar-refractivity contribution >= 4 is 33.2 Å². The molecule has 44 heavy (non-hydrogen) atoms. The Morgan fingerprint density at radius 2 is 1.91 bits per heavy atom. The van der Waals surface area contributed by atoms with E-state index >= 15 is 0 Å². The largest absolute Gasteiger partial charge is 0.487 e. The van der Waals surface area contributed by atoms with Crippen molar-refractivity contribution in [3.63, 3.8) is 0 Å². The number of rotatable bonds is 2. The van der Waals surface area contributed by atoms with Gasteiger partial charge < -0.3 is 19.5 Å². The number of sulfonamides is 1. The zero-order valence-electron chi connectivity index (χ0n) is 25.1. The van der Waals surface area contributed by atoms with Gasteiger partial charge in [0.2, 0.25) is 10.0 Å². The Morgan fingerprint density at radius 3 is 2.70 bits per heavy atom. The van der Waals surface area contributed by atoms with E-state index in [1.807, 2.05) is 30.4 Å². The molecule has 238 valence electrons. The summed E-state index contributed by atoms with van der Waals surface area (Å²) in [7, 11) is -3.99. The van der Waals surface area contributed by atoms with Gasteiger partial charge in [0.15, 0.2) is 0 Å². The highest BCUT2D eigenvalue weighted by molar-refractivity contribution is 7.90. The molecule has 0 spiro atoms. The van der Waals surface area contributed by atoms with Gasteiger partial charge in [-0.2, -0.15) is 0 Å². The van der Waals surface area contributed by atoms with Crippen LogP contribution in [0, 0.1) is 11.8 Å². The molecule has 1 amide bonds. The molecule has 3 heterocycles. The molecule has 2 N–H and O–H groups in total. The van der Waals surface area contributed by atoms with Gasteiger partial charge in [0.1, 0.15) is 12.4 Å². The quantitative estimate of drug-likeness (QED) is 0.399. The van der Waals surface area contributed by atoms with Crippen molar-refractivity contribution in [2.75, 3.05) is 24.6 Å². The van der Waals surface area contributed by atoms with Crippen molar-refractivity contribution < 1.29 is 27.8 Å². The molecule has 3 aliphatic heterocycles. The van der Waals surface area contributed by atoms with Crippen LogP contribution in [0.3, 0.4) is 0 Å². The number of aliphatic hydroxyl groups excluding tert-OH is 1. The zero-order valence-corrected chi connectivity index (χ0v) is 26.7. The van der Waals surface area contributed by atoms with E-state index in [9.17, 15) is 18.3 Å². The van der Waals surface area contributed by atoms with E-state index in [0.717, 1.165) is 69.3 Å². The van der Waals surface area contributed by atoms with Crippen LogP contribution < -0.4 is 14.4 Å². The molecule has 0 aromatic heterocycles. The summed E-state index contributed by atoms with van der Waals surface area (Å²) in [5.41, 5.74) is 3.29. The number of carbonyl (C=O) groups excluding carboxylic acids is 1. The predicted octanol–water partition coefficient (Wildman–Crippen LogP) is 5.80. The maximum absolute atomic E-state index is 13.6. The molecule has 4 aliphatic rings. The number of halogens is 1. The minimum atomic E-state index is -3.99. The van der Waals surface area contributed by atoms with Gasteiger partial charge in [-0.05, 0) is 118 Å². The second kappa shape index (κ2) is 13.8. The molecule has 1 saturated heterocycles. The van der Waals surface area contributed by atoms with Crippen molar-refractivity contribution in [3.8, 4) is 5.75 Å². The number of benzene rings is 2. The van der Waals surface area contributed by atoms with Crippen LogP contribution in [0.25, 0.3) is 0 Å². The topological polar surface area (TPSA) is 105 Å². The van der Waals surface area contributed by atoms with Crippen LogP contribution in [-0.4, -0.2) is 56.6 Å². The highest BCUT2D eigenvalue weighted by atomic mass is 35.5. The second-order valence-corrected chi connectivity index (χ2v) is 15.2. The molecule has 0 unspecified atom stereocenters. The standard InChI is InChI=1S/C34H43ClN2O6S/c35-27-13-10-26-22-43-33-15-12-24-19-31(33)37(16-4-3-6-23(26)18-27)21-25-11-14-30(25)32(38)9-2-1-8-29(20-28-7-5-17-42-28)44(40,41)36-34(24)39/h2,9-10,12-13,15,18-19,25,28-30,32,38H,1,3-8,11,14,16-17,20-22H2,(H,36,39)/b9-2+/t25-,28+,29+,30+,32-/m0/s1. The lowest BCUT2D eigenvalue weighted by molar-refractivity contribution is 0.0461. The Kier molecular flexibility index (Phi) is 9.86. The van der Waals surface area contributed by atoms with Gasteiger partial charge in [0.05, 0.1) is 23.1 Å². The number of hydrogen-bond donors (Lipinski definition) is 2. The van der Waals surface area contributed by atoms with Crippen LogP contribution in [0.15, 0.2) is 48.6 Å². The normalized spacial score (nSPS) is 30.0. The maximum atomic E-state index is 13.6. The Hall–Kier alpha value is -2.59. The molecule has 2 fully saturated rings. The van der Waals surface area contributed by atoms with Crippen LogP contribution in [0.4, 0.5) is 5.69 Å². The number of hydrogen-bond acceptors (Lipinski definition) is 7. The number of amides is 1. The molecule has 2 aromatic carbocycles. The second-order valence-electron chi connectivity index (χ2n) is 12.8. The van der Waals surface area contributed by atoms with Gasteiger partial charge in [0, 0.05) is 30.3 Å². The minimum Gasteiger partial charge on any atom is -0.487 e. The van der Waals surface area contributed by atoms with E-state index in [2.05, 4.69) is 9.62 Å². The van der Waals surface area contributed by atoms with Gasteiger partial charge in [-0.1, -0.05) is 29.8 Å². The fourth-order valence-corrected chi connectivity index (χ4v) is 8.74. The monoisotopic (exact) mass is 642 g/mol. The number of allylic oxidation sites excluding steroid dienone is 1. The molecular formula is C34H43ClN2O6S. The Balaban J connectivity index is 1.35. The molecule has 2 aromatic rings. The summed E-state index contributed by atoms with van der Waals surface area (Å²) in [6.45, 7) is 2.45. The van der Waals surface area contributed by atoms with E-state index in [-0.39, 0.29) is 17.6 Å². The summed E-state index contributed by atoms with van der Waals surface area (Å²) in [6, 6.07) is 11.1. The first kappa shape index (κ1) is 31.4. The number of fused-ring (bicyclic) bond motifs is 3.